The Bertz CT molecular complexity index is 292. The molecule has 1 amide bonds. The van der Waals surface area contributed by atoms with Crippen LogP contribution in [-0.4, -0.2) is 17.3 Å². The zero-order valence-corrected chi connectivity index (χ0v) is 13.2. The van der Waals surface area contributed by atoms with Crippen molar-refractivity contribution in [2.45, 2.75) is 58.4 Å². The maximum Gasteiger partial charge on any atom is 0.220 e. The number of rotatable bonds is 6. The van der Waals surface area contributed by atoms with E-state index in [9.17, 15) is 4.79 Å². The van der Waals surface area contributed by atoms with Crippen LogP contribution in [0.1, 0.15) is 52.4 Å². The lowest BCUT2D eigenvalue weighted by molar-refractivity contribution is -0.123. The predicted molar refractivity (Wildman–Crippen MR) is 78.7 cm³/mol. The number of alkyl halides is 1. The van der Waals surface area contributed by atoms with Gasteiger partial charge in [-0.25, -0.2) is 0 Å². The monoisotopic (exact) mass is 315 g/mol. The SMILES string of the molecule is CC(C)CC(CBr)NC(=O)CC1CC2CCC1C2. The Labute approximate surface area is 119 Å². The molecule has 0 aromatic carbocycles. The highest BCUT2D eigenvalue weighted by Crippen LogP contribution is 2.49. The summed E-state index contributed by atoms with van der Waals surface area (Å²) in [5, 5.41) is 4.07. The van der Waals surface area contributed by atoms with E-state index in [1.165, 1.54) is 25.7 Å². The van der Waals surface area contributed by atoms with Crippen LogP contribution in [0.5, 0.6) is 0 Å². The molecule has 1 N–H and O–H groups in total. The van der Waals surface area contributed by atoms with Crippen LogP contribution in [-0.2, 0) is 4.79 Å². The molecule has 2 saturated carbocycles. The highest BCUT2D eigenvalue weighted by Gasteiger charge is 2.40. The van der Waals surface area contributed by atoms with Crippen LogP contribution in [0.4, 0.5) is 0 Å². The van der Waals surface area contributed by atoms with Crippen molar-refractivity contribution in [2.75, 3.05) is 5.33 Å². The normalized spacial score (nSPS) is 31.9. The Morgan fingerprint density at radius 3 is 2.61 bits per heavy atom. The Kier molecular flexibility index (Phi) is 5.11. The van der Waals surface area contributed by atoms with Crippen LogP contribution < -0.4 is 5.32 Å². The van der Waals surface area contributed by atoms with Crippen LogP contribution in [0.15, 0.2) is 0 Å². The average Bonchev–Trinajstić information content (AvgIpc) is 2.89. The topological polar surface area (TPSA) is 29.1 Å². The average molecular weight is 316 g/mol. The van der Waals surface area contributed by atoms with E-state index in [1.54, 1.807) is 0 Å². The molecule has 0 radical (unpaired) electrons. The minimum Gasteiger partial charge on any atom is -0.353 e. The van der Waals surface area contributed by atoms with Crippen molar-refractivity contribution < 1.29 is 4.79 Å². The van der Waals surface area contributed by atoms with Gasteiger partial charge in [-0.3, -0.25) is 4.79 Å². The zero-order chi connectivity index (χ0) is 13.1. The van der Waals surface area contributed by atoms with E-state index in [0.717, 1.165) is 30.0 Å². The van der Waals surface area contributed by atoms with Crippen LogP contribution in [0.3, 0.4) is 0 Å². The molecule has 0 saturated heterocycles. The summed E-state index contributed by atoms with van der Waals surface area (Å²) < 4.78 is 0. The molecule has 0 aromatic rings. The third kappa shape index (κ3) is 3.72. The van der Waals surface area contributed by atoms with Gasteiger partial charge in [0.2, 0.25) is 5.91 Å². The summed E-state index contributed by atoms with van der Waals surface area (Å²) in [5.74, 6) is 3.38. The van der Waals surface area contributed by atoms with Crippen molar-refractivity contribution in [1.82, 2.24) is 5.32 Å². The molecule has 0 aliphatic heterocycles. The molecule has 2 aliphatic rings. The van der Waals surface area contributed by atoms with Crippen molar-refractivity contribution in [3.8, 4) is 0 Å². The van der Waals surface area contributed by atoms with Gasteiger partial charge in [0.05, 0.1) is 0 Å². The summed E-state index contributed by atoms with van der Waals surface area (Å²) in [7, 11) is 0. The first kappa shape index (κ1) is 14.4. The van der Waals surface area contributed by atoms with E-state index in [1.807, 2.05) is 0 Å². The molecule has 4 atom stereocenters. The standard InChI is InChI=1S/C15H26BrNO/c1-10(2)5-14(9-16)17-15(18)8-13-7-11-3-4-12(13)6-11/h10-14H,3-9H2,1-2H3,(H,17,18). The first-order valence-electron chi connectivity index (χ1n) is 7.43. The molecule has 0 aromatic heterocycles. The number of carbonyl (C=O) groups excluding carboxylic acids is 1. The van der Waals surface area contributed by atoms with Crippen LogP contribution >= 0.6 is 15.9 Å². The van der Waals surface area contributed by atoms with Gasteiger partial charge in [0.1, 0.15) is 0 Å². The summed E-state index contributed by atoms with van der Waals surface area (Å²) in [5.41, 5.74) is 0. The van der Waals surface area contributed by atoms with Gasteiger partial charge in [-0.05, 0) is 49.4 Å². The lowest BCUT2D eigenvalue weighted by Gasteiger charge is -2.23. The molecule has 0 heterocycles. The number of hydrogen-bond donors (Lipinski definition) is 1. The van der Waals surface area contributed by atoms with Gasteiger partial charge in [-0.15, -0.1) is 0 Å². The lowest BCUT2D eigenvalue weighted by atomic mass is 9.86. The molecular weight excluding hydrogens is 290 g/mol. The number of hydrogen-bond acceptors (Lipinski definition) is 1. The van der Waals surface area contributed by atoms with Crippen LogP contribution in [0, 0.1) is 23.7 Å². The Morgan fingerprint density at radius 2 is 2.11 bits per heavy atom. The smallest absolute Gasteiger partial charge is 0.220 e. The Morgan fingerprint density at radius 1 is 1.33 bits per heavy atom. The molecule has 2 rings (SSSR count). The van der Waals surface area contributed by atoms with Gasteiger partial charge < -0.3 is 5.32 Å². The van der Waals surface area contributed by atoms with Crippen LogP contribution in [0.2, 0.25) is 0 Å². The third-order valence-corrected chi connectivity index (χ3v) is 5.42. The van der Waals surface area contributed by atoms with Crippen molar-refractivity contribution in [3.63, 3.8) is 0 Å². The molecule has 2 fully saturated rings. The lowest BCUT2D eigenvalue weighted by Crippen LogP contribution is -2.38. The minimum absolute atomic E-state index is 0.276. The molecular formula is C15H26BrNO. The van der Waals surface area contributed by atoms with E-state index in [2.05, 4.69) is 35.1 Å². The van der Waals surface area contributed by atoms with Gasteiger partial charge >= 0.3 is 0 Å². The van der Waals surface area contributed by atoms with Crippen molar-refractivity contribution in [3.05, 3.63) is 0 Å². The number of halogens is 1. The molecule has 2 aliphatic carbocycles. The van der Waals surface area contributed by atoms with Crippen molar-refractivity contribution in [2.24, 2.45) is 23.7 Å². The number of amides is 1. The molecule has 0 spiro atoms. The van der Waals surface area contributed by atoms with Crippen molar-refractivity contribution in [1.29, 1.82) is 0 Å². The molecule has 4 unspecified atom stereocenters. The fourth-order valence-electron chi connectivity index (χ4n) is 3.88. The first-order valence-corrected chi connectivity index (χ1v) is 8.56. The maximum absolute atomic E-state index is 12.1. The van der Waals surface area contributed by atoms with E-state index in [4.69, 9.17) is 0 Å². The minimum atomic E-state index is 0.276. The molecule has 104 valence electrons. The summed E-state index contributed by atoms with van der Waals surface area (Å²) in [6, 6.07) is 0.302. The second kappa shape index (κ2) is 6.40. The summed E-state index contributed by atoms with van der Waals surface area (Å²) >= 11 is 3.50. The maximum atomic E-state index is 12.1. The first-order chi connectivity index (χ1) is 8.58. The zero-order valence-electron chi connectivity index (χ0n) is 11.6. The van der Waals surface area contributed by atoms with Gasteiger partial charge in [-0.1, -0.05) is 36.2 Å². The van der Waals surface area contributed by atoms with E-state index in [-0.39, 0.29) is 5.91 Å². The van der Waals surface area contributed by atoms with Gasteiger partial charge in [0.25, 0.3) is 0 Å². The second-order valence-corrected chi connectivity index (χ2v) is 7.33. The summed E-state index contributed by atoms with van der Waals surface area (Å²) in [6.07, 6.45) is 7.32. The van der Waals surface area contributed by atoms with E-state index >= 15 is 0 Å². The van der Waals surface area contributed by atoms with E-state index < -0.39 is 0 Å². The second-order valence-electron chi connectivity index (χ2n) is 6.69. The number of nitrogens with one attached hydrogen (secondary N) is 1. The Balaban J connectivity index is 1.74. The summed E-state index contributed by atoms with van der Waals surface area (Å²) in [6.45, 7) is 4.41. The van der Waals surface area contributed by atoms with Crippen molar-refractivity contribution >= 4 is 21.8 Å². The Hall–Kier alpha value is -0.0500. The van der Waals surface area contributed by atoms with Gasteiger partial charge in [0.15, 0.2) is 0 Å². The van der Waals surface area contributed by atoms with Gasteiger partial charge in [0, 0.05) is 17.8 Å². The van der Waals surface area contributed by atoms with E-state index in [0.29, 0.717) is 17.9 Å². The molecule has 2 nitrogen and oxygen atoms in total. The summed E-state index contributed by atoms with van der Waals surface area (Å²) in [4.78, 5) is 12.1. The molecule has 2 bridgehead atoms. The van der Waals surface area contributed by atoms with Crippen LogP contribution in [0.25, 0.3) is 0 Å². The molecule has 3 heteroatoms. The number of carbonyl (C=O) groups is 1. The highest BCUT2D eigenvalue weighted by molar-refractivity contribution is 9.09. The largest absolute Gasteiger partial charge is 0.353 e. The number of fused-ring (bicyclic) bond motifs is 2. The fourth-order valence-corrected chi connectivity index (χ4v) is 4.31. The third-order valence-electron chi connectivity index (χ3n) is 4.64. The fraction of sp³-hybridized carbons (Fsp3) is 0.933. The quantitative estimate of drug-likeness (QED) is 0.743. The highest BCUT2D eigenvalue weighted by atomic mass is 79.9. The molecule has 18 heavy (non-hydrogen) atoms. The van der Waals surface area contributed by atoms with Gasteiger partial charge in [-0.2, -0.15) is 0 Å². The predicted octanol–water partition coefficient (Wildman–Crippen LogP) is 3.74.